The van der Waals surface area contributed by atoms with E-state index in [0.717, 1.165) is 88.8 Å². The molecule has 4 heteroatoms. The number of hydrogen-bond donors (Lipinski definition) is 0. The normalized spacial score (nSPS) is 12.6. The topological polar surface area (TPSA) is 32.8 Å². The van der Waals surface area contributed by atoms with Gasteiger partial charge in [0.25, 0.3) is 0 Å². The van der Waals surface area contributed by atoms with Crippen LogP contribution < -0.4 is 9.80 Å². The van der Waals surface area contributed by atoms with Gasteiger partial charge in [-0.15, -0.1) is 0 Å². The van der Waals surface area contributed by atoms with Crippen molar-refractivity contribution in [1.82, 2.24) is 0 Å². The summed E-state index contributed by atoms with van der Waals surface area (Å²) in [7, 11) is 0. The van der Waals surface area contributed by atoms with Gasteiger partial charge in [-0.2, -0.15) is 0 Å². The highest BCUT2D eigenvalue weighted by Gasteiger charge is 2.30. The van der Waals surface area contributed by atoms with Gasteiger partial charge < -0.3 is 18.6 Å². The molecule has 0 aliphatic heterocycles. The van der Waals surface area contributed by atoms with Gasteiger partial charge >= 0.3 is 0 Å². The predicted octanol–water partition coefficient (Wildman–Crippen LogP) is 19.0. The molecule has 0 atom stereocenters. The van der Waals surface area contributed by atoms with Crippen molar-refractivity contribution in [3.8, 4) is 0 Å². The fourth-order valence-corrected chi connectivity index (χ4v) is 10.7. The van der Waals surface area contributed by atoms with Crippen molar-refractivity contribution in [2.24, 2.45) is 0 Å². The van der Waals surface area contributed by atoms with E-state index in [1.54, 1.807) is 0 Å². The highest BCUT2D eigenvalue weighted by Crippen LogP contribution is 2.53. The number of para-hydroxylation sites is 6. The maximum atomic E-state index is 7.19. The molecule has 0 unspecified atom stereocenters. The quantitative estimate of drug-likeness (QED) is 0.149. The van der Waals surface area contributed by atoms with Crippen LogP contribution in [-0.4, -0.2) is 0 Å². The highest BCUT2D eigenvalue weighted by molar-refractivity contribution is 6.29. The van der Waals surface area contributed by atoms with Gasteiger partial charge in [0.15, 0.2) is 11.2 Å². The van der Waals surface area contributed by atoms with E-state index in [-0.39, 0.29) is 10.8 Å². The van der Waals surface area contributed by atoms with E-state index in [2.05, 4.69) is 241 Å². The zero-order chi connectivity index (χ0) is 45.9. The first kappa shape index (κ1) is 40.9. The van der Waals surface area contributed by atoms with Crippen LogP contribution in [-0.2, 0) is 10.8 Å². The molecule has 0 bridgehead atoms. The molecule has 0 fully saturated rings. The van der Waals surface area contributed by atoms with Crippen molar-refractivity contribution < 1.29 is 8.83 Å². The van der Waals surface area contributed by atoms with E-state index in [9.17, 15) is 0 Å². The molecule has 0 N–H and O–H groups in total. The Hall–Kier alpha value is -7.56. The van der Waals surface area contributed by atoms with Gasteiger partial charge in [-0.25, -0.2) is 0 Å². The third-order valence-electron chi connectivity index (χ3n) is 14.0. The summed E-state index contributed by atoms with van der Waals surface area (Å²) in [4.78, 5) is 4.86. The van der Waals surface area contributed by atoms with Crippen molar-refractivity contribution >= 4 is 110 Å². The number of furan rings is 2. The summed E-state index contributed by atoms with van der Waals surface area (Å²) in [5, 5.41) is 11.7. The predicted molar refractivity (Wildman–Crippen MR) is 286 cm³/mol. The van der Waals surface area contributed by atoms with Crippen LogP contribution in [0.4, 0.5) is 34.1 Å². The van der Waals surface area contributed by atoms with Crippen LogP contribution in [0, 0.1) is 0 Å². The average Bonchev–Trinajstić information content (AvgIpc) is 3.91. The van der Waals surface area contributed by atoms with Gasteiger partial charge in [-0.3, -0.25) is 0 Å². The Balaban J connectivity index is 1.23. The molecular formula is C63H54N2O2. The Morgan fingerprint density at radius 3 is 1.16 bits per heavy atom. The lowest BCUT2D eigenvalue weighted by Crippen LogP contribution is -2.15. The molecule has 2 heterocycles. The number of rotatable bonds is 7. The summed E-state index contributed by atoms with van der Waals surface area (Å²) >= 11 is 0. The molecule has 12 rings (SSSR count). The molecule has 0 spiro atoms. The summed E-state index contributed by atoms with van der Waals surface area (Å²) < 4.78 is 14.4. The first-order chi connectivity index (χ1) is 32.3. The second-order valence-electron chi connectivity index (χ2n) is 20.7. The minimum Gasteiger partial charge on any atom is -0.454 e. The Bertz CT molecular complexity index is 3620. The van der Waals surface area contributed by atoms with Crippen molar-refractivity contribution in [3.05, 3.63) is 193 Å². The second kappa shape index (κ2) is 15.0. The van der Waals surface area contributed by atoms with Crippen molar-refractivity contribution in [2.75, 3.05) is 9.80 Å². The number of benzene rings is 10. The van der Waals surface area contributed by atoms with E-state index in [0.29, 0.717) is 5.92 Å². The molecule has 328 valence electrons. The summed E-state index contributed by atoms with van der Waals surface area (Å²) in [5.41, 5.74) is 13.2. The molecular weight excluding hydrogens is 817 g/mol. The third-order valence-corrected chi connectivity index (χ3v) is 14.0. The van der Waals surface area contributed by atoms with Gasteiger partial charge in [0.2, 0.25) is 0 Å². The zero-order valence-electron chi connectivity index (χ0n) is 39.5. The molecule has 12 aromatic rings. The second-order valence-corrected chi connectivity index (χ2v) is 20.7. The van der Waals surface area contributed by atoms with Crippen LogP contribution in [0.15, 0.2) is 185 Å². The number of nitrogens with zero attached hydrogens (tertiary/aromatic N) is 2. The van der Waals surface area contributed by atoms with E-state index < -0.39 is 0 Å². The van der Waals surface area contributed by atoms with Crippen LogP contribution in [0.5, 0.6) is 0 Å². The molecule has 10 aromatic carbocycles. The lowest BCUT2D eigenvalue weighted by atomic mass is 9.86. The minimum absolute atomic E-state index is 0.110. The number of anilines is 6. The minimum atomic E-state index is -0.110. The van der Waals surface area contributed by atoms with E-state index >= 15 is 0 Å². The van der Waals surface area contributed by atoms with Crippen LogP contribution in [0.25, 0.3) is 76.2 Å². The molecule has 67 heavy (non-hydrogen) atoms. The van der Waals surface area contributed by atoms with Crippen LogP contribution >= 0.6 is 0 Å². The molecule has 0 amide bonds. The monoisotopic (exact) mass is 870 g/mol. The van der Waals surface area contributed by atoms with Crippen LogP contribution in [0.1, 0.15) is 78.0 Å². The molecule has 2 aromatic heterocycles. The summed E-state index contributed by atoms with van der Waals surface area (Å²) in [6.07, 6.45) is 0. The third kappa shape index (κ3) is 6.41. The standard InChI is InChI=1S/C63H54N2O2/c1-38(2)41-35-39-31-33-48-54(64(42-19-11-9-12-20-42)52-29-17-25-46-44-23-15-27-50(62(3,4)5)58(44)66-60(46)52)37-55(49-34-32-40(36-41)56(39)57(48)49)65(43-21-13-10-14-22-43)53-30-18-26-47-45-24-16-28-51(63(6,7)8)59(45)67-61(47)53/h9-38H,1-8H3. The van der Waals surface area contributed by atoms with Crippen LogP contribution in [0.2, 0.25) is 0 Å². The summed E-state index contributed by atoms with van der Waals surface area (Å²) in [6.45, 7) is 18.1. The summed E-state index contributed by atoms with van der Waals surface area (Å²) in [5.74, 6) is 0.390. The smallest absolute Gasteiger partial charge is 0.159 e. The highest BCUT2D eigenvalue weighted by atomic mass is 16.3. The lowest BCUT2D eigenvalue weighted by Gasteiger charge is -2.32. The average molecular weight is 871 g/mol. The molecule has 0 saturated carbocycles. The molecule has 0 saturated heterocycles. The number of hydrogen-bond acceptors (Lipinski definition) is 4. The molecule has 0 radical (unpaired) electrons. The molecule has 0 aliphatic rings. The number of fused-ring (bicyclic) bond motifs is 6. The maximum Gasteiger partial charge on any atom is 0.159 e. The lowest BCUT2D eigenvalue weighted by molar-refractivity contribution is 0.572. The van der Waals surface area contributed by atoms with Gasteiger partial charge in [-0.1, -0.05) is 189 Å². The van der Waals surface area contributed by atoms with E-state index in [1.807, 2.05) is 0 Å². The van der Waals surface area contributed by atoms with E-state index in [1.165, 1.54) is 38.2 Å². The van der Waals surface area contributed by atoms with Gasteiger partial charge in [0, 0.05) is 60.2 Å². The fraction of sp³-hybridized carbons (Fsp3) is 0.175. The Morgan fingerprint density at radius 1 is 0.358 bits per heavy atom. The largest absolute Gasteiger partial charge is 0.454 e. The van der Waals surface area contributed by atoms with Gasteiger partial charge in [0.05, 0.1) is 22.7 Å². The molecule has 4 nitrogen and oxygen atoms in total. The molecule has 0 aliphatic carbocycles. The van der Waals surface area contributed by atoms with Gasteiger partial charge in [0.1, 0.15) is 11.2 Å². The SMILES string of the molecule is CC(C)c1cc2ccc3c(N(c4ccccc4)c4cccc5c4oc4c(C(C)(C)C)cccc45)cc(N(c4ccccc4)c4cccc5c4oc4c(C(C)(C)C)cccc45)c4ccc(c1)c2c34. The van der Waals surface area contributed by atoms with Crippen LogP contribution in [0.3, 0.4) is 0 Å². The Morgan fingerprint density at radius 2 is 0.761 bits per heavy atom. The van der Waals surface area contributed by atoms with Crippen molar-refractivity contribution in [2.45, 2.75) is 72.1 Å². The summed E-state index contributed by atoms with van der Waals surface area (Å²) in [6, 6.07) is 64.5. The first-order valence-electron chi connectivity index (χ1n) is 23.7. The Labute approximate surface area is 392 Å². The fourth-order valence-electron chi connectivity index (χ4n) is 10.7. The maximum absolute atomic E-state index is 7.19. The first-order valence-corrected chi connectivity index (χ1v) is 23.7. The zero-order valence-corrected chi connectivity index (χ0v) is 39.5. The van der Waals surface area contributed by atoms with E-state index in [4.69, 9.17) is 8.83 Å². The Kier molecular flexibility index (Phi) is 9.15. The van der Waals surface area contributed by atoms with Gasteiger partial charge in [-0.05, 0) is 80.9 Å². The van der Waals surface area contributed by atoms with Crippen molar-refractivity contribution in [1.29, 1.82) is 0 Å². The van der Waals surface area contributed by atoms with Crippen molar-refractivity contribution in [3.63, 3.8) is 0 Å².